The maximum atomic E-state index is 12.0. The van der Waals surface area contributed by atoms with Gasteiger partial charge in [-0.05, 0) is 52.3 Å². The van der Waals surface area contributed by atoms with Gasteiger partial charge in [0.15, 0.2) is 0 Å². The van der Waals surface area contributed by atoms with E-state index < -0.39 is 5.91 Å². The van der Waals surface area contributed by atoms with Crippen LogP contribution in [0.3, 0.4) is 0 Å². The first-order valence-corrected chi connectivity index (χ1v) is 6.49. The van der Waals surface area contributed by atoms with E-state index in [0.717, 1.165) is 0 Å². The molecule has 2 rings (SSSR count). The Kier molecular flexibility index (Phi) is 3.97. The number of phenolic OH excluding ortho intramolecular Hbond substituents is 1. The fourth-order valence-corrected chi connectivity index (χ4v) is 2.18. The van der Waals surface area contributed by atoms with Crippen molar-refractivity contribution in [2.24, 2.45) is 0 Å². The molecule has 0 fully saturated rings. The Hall–Kier alpha value is -1.72. The molecule has 19 heavy (non-hydrogen) atoms. The van der Waals surface area contributed by atoms with Gasteiger partial charge in [0.1, 0.15) is 5.75 Å². The highest BCUT2D eigenvalue weighted by atomic mass is 79.9. The maximum absolute atomic E-state index is 12.0. The summed E-state index contributed by atoms with van der Waals surface area (Å²) in [5.74, 6) is -0.601. The summed E-state index contributed by atoms with van der Waals surface area (Å²) in [7, 11) is 0. The SMILES string of the molecule is Nc1ccc(NC(=O)c2ccc(Cl)cc2O)c(Br)c1. The number of rotatable bonds is 2. The molecule has 0 aliphatic carbocycles. The second-order valence-corrected chi connectivity index (χ2v) is 5.15. The molecule has 0 aliphatic rings. The Bertz CT molecular complexity index is 647. The fourth-order valence-electron chi connectivity index (χ4n) is 1.52. The zero-order valence-corrected chi connectivity index (χ0v) is 12.0. The van der Waals surface area contributed by atoms with Crippen molar-refractivity contribution >= 4 is 44.8 Å². The lowest BCUT2D eigenvalue weighted by atomic mass is 10.2. The highest BCUT2D eigenvalue weighted by Gasteiger charge is 2.13. The number of hydrogen-bond acceptors (Lipinski definition) is 3. The second-order valence-electron chi connectivity index (χ2n) is 3.85. The minimum atomic E-state index is -0.431. The third-order valence-corrected chi connectivity index (χ3v) is 3.34. The molecule has 0 aromatic heterocycles. The standard InChI is InChI=1S/C13H10BrClN2O2/c14-10-6-8(16)2-4-11(10)17-13(19)9-3-1-7(15)5-12(9)18/h1-6,18H,16H2,(H,17,19). The quantitative estimate of drug-likeness (QED) is 0.730. The average molecular weight is 342 g/mol. The molecule has 98 valence electrons. The van der Waals surface area contributed by atoms with Crippen LogP contribution in [0.5, 0.6) is 5.75 Å². The highest BCUT2D eigenvalue weighted by Crippen LogP contribution is 2.27. The van der Waals surface area contributed by atoms with E-state index in [9.17, 15) is 9.90 Å². The van der Waals surface area contributed by atoms with Crippen LogP contribution in [-0.2, 0) is 0 Å². The molecule has 4 N–H and O–H groups in total. The summed E-state index contributed by atoms with van der Waals surface area (Å²) in [6.07, 6.45) is 0. The minimum absolute atomic E-state index is 0.146. The van der Waals surface area contributed by atoms with Crippen molar-refractivity contribution in [1.82, 2.24) is 0 Å². The van der Waals surface area contributed by atoms with Crippen LogP contribution in [0.1, 0.15) is 10.4 Å². The molecule has 2 aromatic rings. The van der Waals surface area contributed by atoms with E-state index in [1.54, 1.807) is 18.2 Å². The Morgan fingerprint density at radius 1 is 1.26 bits per heavy atom. The number of carbonyl (C=O) groups is 1. The highest BCUT2D eigenvalue weighted by molar-refractivity contribution is 9.10. The first-order chi connectivity index (χ1) is 8.97. The number of hydrogen-bond donors (Lipinski definition) is 3. The Morgan fingerprint density at radius 3 is 2.63 bits per heavy atom. The zero-order chi connectivity index (χ0) is 14.0. The summed E-state index contributed by atoms with van der Waals surface area (Å²) in [5.41, 5.74) is 6.91. The number of halogens is 2. The number of amides is 1. The van der Waals surface area contributed by atoms with E-state index in [2.05, 4.69) is 21.2 Å². The van der Waals surface area contributed by atoms with E-state index >= 15 is 0 Å². The van der Waals surface area contributed by atoms with E-state index in [0.29, 0.717) is 20.9 Å². The van der Waals surface area contributed by atoms with Gasteiger partial charge < -0.3 is 16.2 Å². The van der Waals surface area contributed by atoms with Gasteiger partial charge in [0.25, 0.3) is 5.91 Å². The number of benzene rings is 2. The van der Waals surface area contributed by atoms with Crippen LogP contribution < -0.4 is 11.1 Å². The van der Waals surface area contributed by atoms with Crippen LogP contribution in [0, 0.1) is 0 Å². The summed E-state index contributed by atoms with van der Waals surface area (Å²) >= 11 is 9.01. The predicted octanol–water partition coefficient (Wildman–Crippen LogP) is 3.64. The first kappa shape index (κ1) is 13.7. The van der Waals surface area contributed by atoms with Crippen molar-refractivity contribution < 1.29 is 9.90 Å². The number of phenols is 1. The van der Waals surface area contributed by atoms with Crippen molar-refractivity contribution in [3.05, 3.63) is 51.5 Å². The molecular formula is C13H10BrClN2O2. The lowest BCUT2D eigenvalue weighted by Crippen LogP contribution is -2.12. The van der Waals surface area contributed by atoms with Gasteiger partial charge in [-0.3, -0.25) is 4.79 Å². The fraction of sp³-hybridized carbons (Fsp3) is 0. The van der Waals surface area contributed by atoms with Crippen LogP contribution in [-0.4, -0.2) is 11.0 Å². The van der Waals surface area contributed by atoms with Gasteiger partial charge in [0.2, 0.25) is 0 Å². The molecule has 2 aromatic carbocycles. The third-order valence-electron chi connectivity index (χ3n) is 2.45. The molecule has 0 unspecified atom stereocenters. The maximum Gasteiger partial charge on any atom is 0.259 e. The zero-order valence-electron chi connectivity index (χ0n) is 9.65. The largest absolute Gasteiger partial charge is 0.507 e. The van der Waals surface area contributed by atoms with Crippen molar-refractivity contribution in [3.63, 3.8) is 0 Å². The van der Waals surface area contributed by atoms with Crippen LogP contribution >= 0.6 is 27.5 Å². The monoisotopic (exact) mass is 340 g/mol. The molecule has 0 radical (unpaired) electrons. The van der Waals surface area contributed by atoms with Crippen LogP contribution in [0.15, 0.2) is 40.9 Å². The van der Waals surface area contributed by atoms with E-state index in [1.807, 2.05) is 0 Å². The molecule has 0 aliphatic heterocycles. The normalized spacial score (nSPS) is 10.2. The van der Waals surface area contributed by atoms with Gasteiger partial charge in [-0.1, -0.05) is 11.6 Å². The summed E-state index contributed by atoms with van der Waals surface area (Å²) in [6, 6.07) is 9.32. The van der Waals surface area contributed by atoms with Gasteiger partial charge in [0.05, 0.1) is 11.3 Å². The Morgan fingerprint density at radius 2 is 2.00 bits per heavy atom. The van der Waals surface area contributed by atoms with Gasteiger partial charge in [-0.25, -0.2) is 0 Å². The van der Waals surface area contributed by atoms with Crippen molar-refractivity contribution in [2.45, 2.75) is 0 Å². The van der Waals surface area contributed by atoms with E-state index in [1.165, 1.54) is 18.2 Å². The number of nitrogens with two attached hydrogens (primary N) is 1. The lowest BCUT2D eigenvalue weighted by molar-refractivity contribution is 0.102. The third kappa shape index (κ3) is 3.19. The van der Waals surface area contributed by atoms with Crippen LogP contribution in [0.25, 0.3) is 0 Å². The molecule has 6 heteroatoms. The van der Waals surface area contributed by atoms with Gasteiger partial charge >= 0.3 is 0 Å². The molecule has 0 saturated heterocycles. The Balaban J connectivity index is 2.25. The lowest BCUT2D eigenvalue weighted by Gasteiger charge is -2.09. The number of carbonyl (C=O) groups excluding carboxylic acids is 1. The van der Waals surface area contributed by atoms with Gasteiger partial charge in [-0.2, -0.15) is 0 Å². The summed E-state index contributed by atoms with van der Waals surface area (Å²) < 4.78 is 0.661. The molecule has 0 atom stereocenters. The molecule has 0 saturated carbocycles. The van der Waals surface area contributed by atoms with Gasteiger partial charge in [0, 0.05) is 15.2 Å². The van der Waals surface area contributed by atoms with E-state index in [4.69, 9.17) is 17.3 Å². The number of aromatic hydroxyl groups is 1. The minimum Gasteiger partial charge on any atom is -0.507 e. The van der Waals surface area contributed by atoms with Crippen molar-refractivity contribution in [2.75, 3.05) is 11.1 Å². The first-order valence-electron chi connectivity index (χ1n) is 5.32. The Labute approximate surface area is 123 Å². The molecule has 0 spiro atoms. The smallest absolute Gasteiger partial charge is 0.259 e. The van der Waals surface area contributed by atoms with Crippen LogP contribution in [0.2, 0.25) is 5.02 Å². The number of nitrogen functional groups attached to an aromatic ring is 1. The number of anilines is 2. The molecule has 4 nitrogen and oxygen atoms in total. The molecular weight excluding hydrogens is 332 g/mol. The summed E-state index contributed by atoms with van der Waals surface area (Å²) in [5, 5.41) is 12.7. The van der Waals surface area contributed by atoms with Crippen molar-refractivity contribution in [1.29, 1.82) is 0 Å². The molecule has 0 bridgehead atoms. The number of nitrogens with one attached hydrogen (secondary N) is 1. The average Bonchev–Trinajstić information content (AvgIpc) is 2.32. The van der Waals surface area contributed by atoms with Crippen LogP contribution in [0.4, 0.5) is 11.4 Å². The predicted molar refractivity (Wildman–Crippen MR) is 79.6 cm³/mol. The second kappa shape index (κ2) is 5.50. The topological polar surface area (TPSA) is 75.3 Å². The molecule has 0 heterocycles. The van der Waals surface area contributed by atoms with Gasteiger partial charge in [-0.15, -0.1) is 0 Å². The summed E-state index contributed by atoms with van der Waals surface area (Å²) in [4.78, 5) is 12.0. The molecule has 1 amide bonds. The summed E-state index contributed by atoms with van der Waals surface area (Å²) in [6.45, 7) is 0. The van der Waals surface area contributed by atoms with E-state index in [-0.39, 0.29) is 11.3 Å². The van der Waals surface area contributed by atoms with Crippen molar-refractivity contribution in [3.8, 4) is 5.75 Å².